The second-order valence-electron chi connectivity index (χ2n) is 11.2. The maximum Gasteiger partial charge on any atom is 1.00 e. The molecule has 0 heterocycles. The van der Waals surface area contributed by atoms with Crippen molar-refractivity contribution in [3.8, 4) is 0 Å². The normalized spacial score (nSPS) is 12.0. The van der Waals surface area contributed by atoms with E-state index in [9.17, 15) is 22.6 Å². The minimum atomic E-state index is -4.81. The van der Waals surface area contributed by atoms with Crippen LogP contribution in [-0.2, 0) is 19.6 Å². The smallest absolute Gasteiger partial charge is 0.745 e. The van der Waals surface area contributed by atoms with Gasteiger partial charge >= 0.3 is 63.3 Å². The number of hydrogen-bond donors (Lipinski definition) is 0. The number of carbonyl (C=O) groups excluding carboxylic acids is 2. The second kappa shape index (κ2) is 27.1. The molecular weight excluding hydrogens is 580 g/mol. The molecule has 0 N–H and O–H groups in total. The minimum absolute atomic E-state index is 0. The van der Waals surface area contributed by atoms with Crippen LogP contribution in [0.15, 0.2) is 24.3 Å². The van der Waals surface area contributed by atoms with Gasteiger partial charge in [0.1, 0.15) is 10.1 Å². The fourth-order valence-corrected chi connectivity index (χ4v) is 5.67. The van der Waals surface area contributed by atoms with E-state index in [0.29, 0.717) is 6.42 Å². The van der Waals surface area contributed by atoms with Crippen LogP contribution in [0.5, 0.6) is 0 Å². The molecule has 7 nitrogen and oxygen atoms in total. The van der Waals surface area contributed by atoms with Gasteiger partial charge in [-0.25, -0.2) is 18.0 Å². The fourth-order valence-electron chi connectivity index (χ4n) is 4.94. The van der Waals surface area contributed by atoms with Gasteiger partial charge in [0, 0.05) is 0 Å². The summed E-state index contributed by atoms with van der Waals surface area (Å²) in [4.78, 5) is 25.1. The third-order valence-electron chi connectivity index (χ3n) is 7.43. The molecule has 9 heteroatoms. The van der Waals surface area contributed by atoms with Gasteiger partial charge in [0.15, 0.2) is 5.44 Å². The molecule has 0 aliphatic heterocycles. The molecule has 1 aromatic carbocycles. The van der Waals surface area contributed by atoms with E-state index in [-0.39, 0.29) is 75.5 Å². The van der Waals surface area contributed by atoms with Gasteiger partial charge in [-0.2, -0.15) is 0 Å². The van der Waals surface area contributed by atoms with Crippen LogP contribution in [0.4, 0.5) is 0 Å². The average Bonchev–Trinajstić information content (AvgIpc) is 2.95. The first-order chi connectivity index (χ1) is 19.8. The molecule has 0 aromatic heterocycles. The first-order valence-corrected chi connectivity index (χ1v) is 17.7. The van der Waals surface area contributed by atoms with Crippen LogP contribution in [-0.4, -0.2) is 37.0 Å². The summed E-state index contributed by atoms with van der Waals surface area (Å²) in [5.41, 5.74) is -1.90. The van der Waals surface area contributed by atoms with Crippen LogP contribution < -0.4 is 51.4 Å². The first kappa shape index (κ1) is 41.7. The van der Waals surface area contributed by atoms with Crippen molar-refractivity contribution in [2.45, 2.75) is 154 Å². The van der Waals surface area contributed by atoms with E-state index in [4.69, 9.17) is 9.47 Å². The van der Waals surface area contributed by atoms with Gasteiger partial charge in [-0.15, -0.1) is 0 Å². The molecule has 0 aliphatic carbocycles. The topological polar surface area (TPSA) is 110 Å². The Morgan fingerprint density at radius 3 is 1.40 bits per heavy atom. The maximum atomic E-state index is 12.6. The summed E-state index contributed by atoms with van der Waals surface area (Å²) < 4.78 is 44.4. The number of esters is 2. The Kier molecular flexibility index (Phi) is 26.9. The van der Waals surface area contributed by atoms with Gasteiger partial charge in [0.05, 0.1) is 17.7 Å². The number of benzene rings is 1. The molecule has 42 heavy (non-hydrogen) atoms. The van der Waals surface area contributed by atoms with Crippen LogP contribution in [0.3, 0.4) is 0 Å². The summed E-state index contributed by atoms with van der Waals surface area (Å²) in [5, 5.41) is 0. The zero-order chi connectivity index (χ0) is 30.2. The van der Waals surface area contributed by atoms with Crippen molar-refractivity contribution in [3.63, 3.8) is 0 Å². The third-order valence-corrected chi connectivity index (χ3v) is 8.41. The van der Waals surface area contributed by atoms with Crippen LogP contribution in [0.1, 0.15) is 169 Å². The van der Waals surface area contributed by atoms with Crippen LogP contribution in [0, 0.1) is 0 Å². The second-order valence-corrected chi connectivity index (χ2v) is 12.7. The zero-order valence-electron chi connectivity index (χ0n) is 26.7. The molecule has 0 amide bonds. The van der Waals surface area contributed by atoms with Crippen LogP contribution in [0.2, 0.25) is 0 Å². The summed E-state index contributed by atoms with van der Waals surface area (Å²) in [5.74, 6) is -1.70. The predicted molar refractivity (Wildman–Crippen MR) is 164 cm³/mol. The molecule has 1 aromatic rings. The Balaban J connectivity index is 0.0000168. The van der Waals surface area contributed by atoms with Crippen LogP contribution in [0.25, 0.3) is 0 Å². The quantitative estimate of drug-likeness (QED) is 0.0524. The molecule has 0 radical (unpaired) electrons. The molecule has 1 rings (SSSR count). The molecule has 0 spiro atoms. The number of ether oxygens (including phenoxy) is 2. The molecule has 0 bridgehead atoms. The average molecular weight is 635 g/mol. The fraction of sp³-hybridized carbons (Fsp3) is 0.758. The van der Waals surface area contributed by atoms with E-state index >= 15 is 0 Å². The summed E-state index contributed by atoms with van der Waals surface area (Å²) in [6.07, 6.45) is 24.7. The summed E-state index contributed by atoms with van der Waals surface area (Å²) in [7, 11) is -4.81. The Morgan fingerprint density at radius 1 is 0.643 bits per heavy atom. The maximum absolute atomic E-state index is 12.6. The van der Waals surface area contributed by atoms with Crippen molar-refractivity contribution in [1.82, 2.24) is 0 Å². The van der Waals surface area contributed by atoms with Crippen LogP contribution >= 0.6 is 0 Å². The van der Waals surface area contributed by atoms with E-state index in [1.165, 1.54) is 121 Å². The van der Waals surface area contributed by atoms with Crippen molar-refractivity contribution in [1.29, 1.82) is 0 Å². The predicted octanol–water partition coefficient (Wildman–Crippen LogP) is 6.11. The summed E-state index contributed by atoms with van der Waals surface area (Å²) in [6, 6.07) is 5.90. The first-order valence-electron chi connectivity index (χ1n) is 16.2. The monoisotopic (exact) mass is 634 g/mol. The Bertz CT molecular complexity index is 936. The Hall–Kier alpha value is -0.294. The van der Waals surface area contributed by atoms with E-state index < -0.39 is 27.5 Å². The van der Waals surface area contributed by atoms with Gasteiger partial charge in [-0.1, -0.05) is 148 Å². The summed E-state index contributed by atoms with van der Waals surface area (Å²) in [6.45, 7) is 4.19. The third kappa shape index (κ3) is 20.6. The molecule has 236 valence electrons. The molecule has 1 unspecified atom stereocenters. The molecule has 0 saturated heterocycles. The number of rotatable bonds is 26. The van der Waals surface area contributed by atoms with Crippen molar-refractivity contribution < 1.29 is 83.4 Å². The summed E-state index contributed by atoms with van der Waals surface area (Å²) >= 11 is 0. The van der Waals surface area contributed by atoms with Crippen molar-refractivity contribution in [2.24, 2.45) is 0 Å². The SMILES string of the molecule is CCCCCCCCCCCCCCCCCCCCCOC(=O)c1ccccc1C(=O)OC(CCC)S(=O)(=O)[O-].[K+]. The minimum Gasteiger partial charge on any atom is -0.745 e. The van der Waals surface area contributed by atoms with Gasteiger partial charge in [0.2, 0.25) is 0 Å². The van der Waals surface area contributed by atoms with Gasteiger partial charge < -0.3 is 14.0 Å². The number of carbonyl (C=O) groups is 2. The van der Waals surface area contributed by atoms with Crippen molar-refractivity contribution >= 4 is 22.1 Å². The van der Waals surface area contributed by atoms with Gasteiger partial charge in [-0.3, -0.25) is 0 Å². The van der Waals surface area contributed by atoms with Gasteiger partial charge in [0.25, 0.3) is 0 Å². The van der Waals surface area contributed by atoms with Gasteiger partial charge in [-0.05, 0) is 25.0 Å². The van der Waals surface area contributed by atoms with Crippen molar-refractivity contribution in [3.05, 3.63) is 35.4 Å². The Labute approximate surface area is 298 Å². The number of hydrogen-bond acceptors (Lipinski definition) is 7. The number of unbranched alkanes of at least 4 members (excludes halogenated alkanes) is 18. The van der Waals surface area contributed by atoms with E-state index in [1.807, 2.05) is 0 Å². The standard InChI is InChI=1S/C33H56O7S.K/c1-3-5-6-7-8-9-10-11-12-13-14-15-16-17-18-19-20-21-24-28-39-32(34)29-26-22-23-27-30(29)33(35)40-31(25-4-2)41(36,37)38;/h22-23,26-27,31H,3-21,24-25,28H2,1-2H3,(H,36,37,38);/q;+1/p-1. The largest absolute Gasteiger partial charge is 1.00 e. The Morgan fingerprint density at radius 2 is 1.02 bits per heavy atom. The molecule has 0 aliphatic rings. The van der Waals surface area contributed by atoms with E-state index in [0.717, 1.165) is 19.3 Å². The van der Waals surface area contributed by atoms with Crippen molar-refractivity contribution in [2.75, 3.05) is 6.61 Å². The van der Waals surface area contributed by atoms with E-state index in [1.54, 1.807) is 13.0 Å². The molecule has 1 atom stereocenters. The zero-order valence-corrected chi connectivity index (χ0v) is 30.6. The molecular formula is C33H55KO7S. The molecule has 0 saturated carbocycles. The van der Waals surface area contributed by atoms with E-state index in [2.05, 4.69) is 6.92 Å². The molecule has 0 fully saturated rings.